The first-order valence-corrected chi connectivity index (χ1v) is 12.3. The van der Waals surface area contributed by atoms with Crippen LogP contribution in [0, 0.1) is 22.7 Å². The van der Waals surface area contributed by atoms with Gasteiger partial charge in [-0.2, -0.15) is 10.5 Å². The largest absolute Gasteiger partial charge is 0.317 e. The number of rotatable bonds is 6. The molecule has 1 aliphatic carbocycles. The fraction of sp³-hybridized carbons (Fsp3) is 0.480. The number of hydrogen-bond acceptors (Lipinski definition) is 6. The van der Waals surface area contributed by atoms with Crippen LogP contribution in [0.15, 0.2) is 30.3 Å². The van der Waals surface area contributed by atoms with Crippen LogP contribution in [0.1, 0.15) is 53.3 Å². The molecule has 32 heavy (non-hydrogen) atoms. The first-order chi connectivity index (χ1) is 15.7. The van der Waals surface area contributed by atoms with Gasteiger partial charge in [-0.3, -0.25) is 9.69 Å². The molecule has 1 aliphatic heterocycles. The zero-order valence-corrected chi connectivity index (χ0v) is 19.2. The zero-order valence-electron chi connectivity index (χ0n) is 18.3. The van der Waals surface area contributed by atoms with Crippen LogP contribution in [0.4, 0.5) is 5.00 Å². The van der Waals surface area contributed by atoms with E-state index in [0.29, 0.717) is 18.5 Å². The van der Waals surface area contributed by atoms with Crippen molar-refractivity contribution in [2.45, 2.75) is 44.6 Å². The van der Waals surface area contributed by atoms with Gasteiger partial charge < -0.3 is 10.2 Å². The molecule has 4 rings (SSSR count). The van der Waals surface area contributed by atoms with Crippen molar-refractivity contribution >= 4 is 22.2 Å². The smallest absolute Gasteiger partial charge is 0.226 e. The van der Waals surface area contributed by atoms with Gasteiger partial charge in [0.25, 0.3) is 0 Å². The lowest BCUT2D eigenvalue weighted by Gasteiger charge is -2.36. The number of carbonyl (C=O) groups is 1. The zero-order chi connectivity index (χ0) is 22.3. The Morgan fingerprint density at radius 1 is 1.06 bits per heavy atom. The van der Waals surface area contributed by atoms with Crippen LogP contribution in [-0.4, -0.2) is 48.4 Å². The lowest BCUT2D eigenvalue weighted by Crippen LogP contribution is -2.47. The third kappa shape index (κ3) is 5.19. The molecular formula is C25H29N5OS. The summed E-state index contributed by atoms with van der Waals surface area (Å²) in [6.07, 6.45) is 5.86. The van der Waals surface area contributed by atoms with Crippen LogP contribution in [0.5, 0.6) is 0 Å². The van der Waals surface area contributed by atoms with Crippen molar-refractivity contribution < 1.29 is 4.79 Å². The molecule has 2 heterocycles. The Morgan fingerprint density at radius 3 is 2.53 bits per heavy atom. The van der Waals surface area contributed by atoms with Crippen molar-refractivity contribution in [3.8, 4) is 12.1 Å². The quantitative estimate of drug-likeness (QED) is 0.674. The minimum Gasteiger partial charge on any atom is -0.317 e. The van der Waals surface area contributed by atoms with E-state index in [2.05, 4.69) is 27.3 Å². The molecule has 1 aromatic carbocycles. The van der Waals surface area contributed by atoms with E-state index in [1.165, 1.54) is 11.3 Å². The van der Waals surface area contributed by atoms with Gasteiger partial charge in [0.15, 0.2) is 0 Å². The molecule has 166 valence electrons. The first kappa shape index (κ1) is 22.5. The summed E-state index contributed by atoms with van der Waals surface area (Å²) in [6, 6.07) is 14.5. The maximum atomic E-state index is 12.6. The molecule has 2 aliphatic rings. The summed E-state index contributed by atoms with van der Waals surface area (Å²) in [5, 5.41) is 23.0. The number of aryl methyl sites for hydroxylation is 1. The van der Waals surface area contributed by atoms with Gasteiger partial charge >= 0.3 is 0 Å². The minimum absolute atomic E-state index is 0.0282. The number of anilines is 1. The summed E-state index contributed by atoms with van der Waals surface area (Å²) in [5.41, 5.74) is 2.87. The predicted molar refractivity (Wildman–Crippen MR) is 126 cm³/mol. The van der Waals surface area contributed by atoms with Gasteiger partial charge in [0.1, 0.15) is 17.1 Å². The Bertz CT molecular complexity index is 1010. The lowest BCUT2D eigenvalue weighted by atomic mass is 10.1. The van der Waals surface area contributed by atoms with E-state index in [9.17, 15) is 15.3 Å². The third-order valence-electron chi connectivity index (χ3n) is 6.45. The number of thiophene rings is 1. The molecule has 0 saturated carbocycles. The number of fused-ring (bicyclic) bond motifs is 1. The second kappa shape index (κ2) is 10.7. The molecule has 1 saturated heterocycles. The number of benzene rings is 1. The Labute approximate surface area is 194 Å². The Hall–Kier alpha value is -2.71. The fourth-order valence-electron chi connectivity index (χ4n) is 4.65. The molecule has 0 spiro atoms. The Balaban J connectivity index is 1.27. The number of amides is 1. The van der Waals surface area contributed by atoms with Crippen molar-refractivity contribution in [3.05, 3.63) is 51.9 Å². The highest BCUT2D eigenvalue weighted by molar-refractivity contribution is 7.16. The van der Waals surface area contributed by atoms with Gasteiger partial charge in [-0.15, -0.1) is 11.3 Å². The van der Waals surface area contributed by atoms with Crippen LogP contribution < -0.4 is 5.32 Å². The van der Waals surface area contributed by atoms with Gasteiger partial charge in [0, 0.05) is 44.0 Å². The highest BCUT2D eigenvalue weighted by atomic mass is 32.1. The van der Waals surface area contributed by atoms with Crippen LogP contribution in [0.3, 0.4) is 0 Å². The summed E-state index contributed by atoms with van der Waals surface area (Å²) in [5.74, 6) is -0.0282. The summed E-state index contributed by atoms with van der Waals surface area (Å²) in [6.45, 7) is 4.00. The van der Waals surface area contributed by atoms with Gasteiger partial charge in [-0.05, 0) is 36.8 Å². The standard InChI is InChI=1S/C25H29N5OS/c26-17-21-20-9-5-2-6-10-23(20)32-25(21)28-24(31)11-12-29-13-15-30(16-14-29)22(18-27)19-7-3-1-4-8-19/h1,3-4,7-8,22H,2,5-6,9-16H2,(H,28,31). The highest BCUT2D eigenvalue weighted by Gasteiger charge is 2.25. The topological polar surface area (TPSA) is 83.2 Å². The van der Waals surface area contributed by atoms with E-state index in [-0.39, 0.29) is 11.9 Å². The SMILES string of the molecule is N#Cc1c(NC(=O)CCN2CCN(C(C#N)c3ccccc3)CC2)sc2c1CCCCC2. The van der Waals surface area contributed by atoms with Crippen LogP contribution in [-0.2, 0) is 17.6 Å². The van der Waals surface area contributed by atoms with E-state index >= 15 is 0 Å². The van der Waals surface area contributed by atoms with Crippen LogP contribution >= 0.6 is 11.3 Å². The van der Waals surface area contributed by atoms with Crippen molar-refractivity contribution in [2.75, 3.05) is 38.0 Å². The van der Waals surface area contributed by atoms with Gasteiger partial charge in [0.05, 0.1) is 11.6 Å². The van der Waals surface area contributed by atoms with E-state index < -0.39 is 0 Å². The van der Waals surface area contributed by atoms with Crippen LogP contribution in [0.25, 0.3) is 0 Å². The predicted octanol–water partition coefficient (Wildman–Crippen LogP) is 4.10. The molecule has 2 aromatic rings. The normalized spacial score (nSPS) is 18.1. The molecule has 1 unspecified atom stereocenters. The molecule has 1 fully saturated rings. The average molecular weight is 448 g/mol. The molecular weight excluding hydrogens is 418 g/mol. The van der Waals surface area contributed by atoms with Crippen molar-refractivity contribution in [2.24, 2.45) is 0 Å². The molecule has 1 aromatic heterocycles. The van der Waals surface area contributed by atoms with Crippen molar-refractivity contribution in [1.29, 1.82) is 10.5 Å². The molecule has 1 atom stereocenters. The van der Waals surface area contributed by atoms with Crippen molar-refractivity contribution in [3.63, 3.8) is 0 Å². The number of nitrogens with zero attached hydrogens (tertiary/aromatic N) is 4. The molecule has 7 heteroatoms. The van der Waals surface area contributed by atoms with Crippen molar-refractivity contribution in [1.82, 2.24) is 9.80 Å². The Morgan fingerprint density at radius 2 is 1.81 bits per heavy atom. The highest BCUT2D eigenvalue weighted by Crippen LogP contribution is 2.37. The summed E-state index contributed by atoms with van der Waals surface area (Å²) < 4.78 is 0. The number of hydrogen-bond donors (Lipinski definition) is 1. The summed E-state index contributed by atoms with van der Waals surface area (Å²) in [7, 11) is 0. The first-order valence-electron chi connectivity index (χ1n) is 11.4. The number of nitrogens with one attached hydrogen (secondary N) is 1. The van der Waals surface area contributed by atoms with E-state index in [1.807, 2.05) is 30.3 Å². The van der Waals surface area contributed by atoms with Gasteiger partial charge in [-0.1, -0.05) is 36.8 Å². The van der Waals surface area contributed by atoms with E-state index in [0.717, 1.165) is 68.0 Å². The maximum absolute atomic E-state index is 12.6. The molecule has 1 N–H and O–H groups in total. The molecule has 6 nitrogen and oxygen atoms in total. The number of carbonyl (C=O) groups excluding carboxylic acids is 1. The third-order valence-corrected chi connectivity index (χ3v) is 7.66. The molecule has 0 bridgehead atoms. The summed E-state index contributed by atoms with van der Waals surface area (Å²) in [4.78, 5) is 18.4. The second-order valence-corrected chi connectivity index (χ2v) is 9.60. The van der Waals surface area contributed by atoms with Gasteiger partial charge in [-0.25, -0.2) is 0 Å². The van der Waals surface area contributed by atoms with E-state index in [4.69, 9.17) is 0 Å². The minimum atomic E-state index is -0.222. The lowest BCUT2D eigenvalue weighted by molar-refractivity contribution is -0.116. The fourth-order valence-corrected chi connectivity index (χ4v) is 5.90. The number of piperazine rings is 1. The molecule has 0 radical (unpaired) electrons. The monoisotopic (exact) mass is 447 g/mol. The number of nitriles is 2. The maximum Gasteiger partial charge on any atom is 0.226 e. The Kier molecular flexibility index (Phi) is 7.55. The van der Waals surface area contributed by atoms with Gasteiger partial charge in [0.2, 0.25) is 5.91 Å². The second-order valence-electron chi connectivity index (χ2n) is 8.50. The molecule has 1 amide bonds. The summed E-state index contributed by atoms with van der Waals surface area (Å²) >= 11 is 1.59. The van der Waals surface area contributed by atoms with E-state index in [1.54, 1.807) is 11.3 Å². The van der Waals surface area contributed by atoms with Crippen LogP contribution in [0.2, 0.25) is 0 Å². The average Bonchev–Trinajstić information content (AvgIpc) is 2.98.